The second-order valence-electron chi connectivity index (χ2n) is 5.74. The van der Waals surface area contributed by atoms with E-state index in [2.05, 4.69) is 0 Å². The van der Waals surface area contributed by atoms with Crippen LogP contribution < -0.4 is 4.74 Å². The lowest BCUT2D eigenvalue weighted by molar-refractivity contribution is -0.139. The van der Waals surface area contributed by atoms with Crippen LogP contribution in [0.5, 0.6) is 5.75 Å². The molecular weight excluding hydrogens is 306 g/mol. The molecule has 1 atom stereocenters. The van der Waals surface area contributed by atoms with Crippen LogP contribution in [0.2, 0.25) is 0 Å². The molecule has 0 saturated carbocycles. The highest BCUT2D eigenvalue weighted by molar-refractivity contribution is 7.89. The van der Waals surface area contributed by atoms with Crippen LogP contribution >= 0.6 is 0 Å². The minimum atomic E-state index is -3.50. The Balaban J connectivity index is 1.96. The molecule has 0 aliphatic carbocycles. The summed E-state index contributed by atoms with van der Waals surface area (Å²) in [6.45, 7) is 4.57. The predicted octanol–water partition coefficient (Wildman–Crippen LogP) is 1.86. The summed E-state index contributed by atoms with van der Waals surface area (Å²) in [6.07, 6.45) is 0.512. The Kier molecular flexibility index (Phi) is 5.11. The van der Waals surface area contributed by atoms with Gasteiger partial charge in [0.2, 0.25) is 10.0 Å². The maximum Gasteiger partial charge on any atom is 0.242 e. The first kappa shape index (κ1) is 17.2. The van der Waals surface area contributed by atoms with E-state index in [1.54, 1.807) is 38.4 Å². The average Bonchev–Trinajstić information content (AvgIpc) is 2.84. The lowest BCUT2D eigenvalue weighted by Crippen LogP contribution is -2.31. The van der Waals surface area contributed by atoms with Gasteiger partial charge in [0.05, 0.1) is 24.7 Å². The molecule has 0 radical (unpaired) electrons. The van der Waals surface area contributed by atoms with Gasteiger partial charge in [0.15, 0.2) is 5.79 Å². The van der Waals surface area contributed by atoms with E-state index in [1.165, 1.54) is 4.31 Å². The molecule has 0 aromatic heterocycles. The molecule has 2 rings (SSSR count). The normalized spacial score (nSPS) is 21.2. The van der Waals surface area contributed by atoms with Crippen molar-refractivity contribution >= 4 is 10.0 Å². The zero-order valence-electron chi connectivity index (χ0n) is 13.4. The SMILES string of the molecule is COc1ccc(S(=O)(=O)N(C)CCC2COC(C)(C)O2)cc1. The van der Waals surface area contributed by atoms with Crippen molar-refractivity contribution in [2.75, 3.05) is 27.3 Å². The summed E-state index contributed by atoms with van der Waals surface area (Å²) >= 11 is 0. The first-order valence-electron chi connectivity index (χ1n) is 7.17. The van der Waals surface area contributed by atoms with Crippen molar-refractivity contribution in [2.24, 2.45) is 0 Å². The number of hydrogen-bond donors (Lipinski definition) is 0. The number of sulfonamides is 1. The molecule has 1 unspecified atom stereocenters. The van der Waals surface area contributed by atoms with Gasteiger partial charge in [-0.2, -0.15) is 0 Å². The van der Waals surface area contributed by atoms with Crippen LogP contribution in [-0.4, -0.2) is 51.9 Å². The van der Waals surface area contributed by atoms with Crippen molar-refractivity contribution in [1.82, 2.24) is 4.31 Å². The molecule has 1 aromatic rings. The Labute approximate surface area is 132 Å². The summed E-state index contributed by atoms with van der Waals surface area (Å²) in [5, 5.41) is 0. The van der Waals surface area contributed by atoms with Crippen LogP contribution in [0.25, 0.3) is 0 Å². The highest BCUT2D eigenvalue weighted by Crippen LogP contribution is 2.25. The van der Waals surface area contributed by atoms with Crippen LogP contribution in [0.15, 0.2) is 29.2 Å². The quantitative estimate of drug-likeness (QED) is 0.797. The molecule has 124 valence electrons. The summed E-state index contributed by atoms with van der Waals surface area (Å²) in [7, 11) is -0.391. The van der Waals surface area contributed by atoms with Gasteiger partial charge in [-0.15, -0.1) is 0 Å². The lowest BCUT2D eigenvalue weighted by atomic mass is 10.3. The van der Waals surface area contributed by atoms with Crippen molar-refractivity contribution in [1.29, 1.82) is 0 Å². The molecule has 22 heavy (non-hydrogen) atoms. The Morgan fingerprint density at radius 2 is 1.95 bits per heavy atom. The summed E-state index contributed by atoms with van der Waals surface area (Å²) in [5.41, 5.74) is 0. The molecule has 1 aromatic carbocycles. The predicted molar refractivity (Wildman–Crippen MR) is 82.3 cm³/mol. The summed E-state index contributed by atoms with van der Waals surface area (Å²) in [6, 6.07) is 6.36. The Bertz CT molecular complexity index is 597. The summed E-state index contributed by atoms with van der Waals surface area (Å²) in [4.78, 5) is 0.250. The van der Waals surface area contributed by atoms with Crippen molar-refractivity contribution in [3.63, 3.8) is 0 Å². The monoisotopic (exact) mass is 329 g/mol. The molecule has 0 spiro atoms. The van der Waals surface area contributed by atoms with E-state index in [9.17, 15) is 8.42 Å². The van der Waals surface area contributed by atoms with Gasteiger partial charge in [-0.25, -0.2) is 12.7 Å². The van der Waals surface area contributed by atoms with Gasteiger partial charge in [-0.1, -0.05) is 0 Å². The molecule has 1 fully saturated rings. The Hall–Kier alpha value is -1.15. The van der Waals surface area contributed by atoms with Gasteiger partial charge in [0, 0.05) is 13.6 Å². The fraction of sp³-hybridized carbons (Fsp3) is 0.600. The minimum absolute atomic E-state index is 0.0801. The van der Waals surface area contributed by atoms with Crippen molar-refractivity contribution in [3.05, 3.63) is 24.3 Å². The Morgan fingerprint density at radius 1 is 1.32 bits per heavy atom. The molecule has 0 N–H and O–H groups in total. The van der Waals surface area contributed by atoms with Gasteiger partial charge in [-0.05, 0) is 44.5 Å². The maximum atomic E-state index is 12.5. The largest absolute Gasteiger partial charge is 0.497 e. The molecule has 0 bridgehead atoms. The molecular formula is C15H23NO5S. The van der Waals surface area contributed by atoms with Crippen LogP contribution in [-0.2, 0) is 19.5 Å². The minimum Gasteiger partial charge on any atom is -0.497 e. The number of hydrogen-bond acceptors (Lipinski definition) is 5. The first-order valence-corrected chi connectivity index (χ1v) is 8.61. The van der Waals surface area contributed by atoms with E-state index >= 15 is 0 Å². The van der Waals surface area contributed by atoms with Crippen LogP contribution in [0.1, 0.15) is 20.3 Å². The zero-order chi connectivity index (χ0) is 16.4. The fourth-order valence-electron chi connectivity index (χ4n) is 2.28. The number of ether oxygens (including phenoxy) is 3. The highest BCUT2D eigenvalue weighted by Gasteiger charge is 2.33. The van der Waals surface area contributed by atoms with E-state index in [1.807, 2.05) is 13.8 Å². The van der Waals surface area contributed by atoms with Crippen LogP contribution in [0, 0.1) is 0 Å². The van der Waals surface area contributed by atoms with Gasteiger partial charge in [0.25, 0.3) is 0 Å². The summed E-state index contributed by atoms with van der Waals surface area (Å²) < 4.78 is 42.5. The third-order valence-corrected chi connectivity index (χ3v) is 5.47. The number of methoxy groups -OCH3 is 1. The fourth-order valence-corrected chi connectivity index (χ4v) is 3.46. The van der Waals surface area contributed by atoms with E-state index in [4.69, 9.17) is 14.2 Å². The summed E-state index contributed by atoms with van der Waals surface area (Å²) in [5.74, 6) is 0.0401. The van der Waals surface area contributed by atoms with Crippen molar-refractivity contribution in [3.8, 4) is 5.75 Å². The third-order valence-electron chi connectivity index (χ3n) is 3.60. The van der Waals surface area contributed by atoms with Crippen molar-refractivity contribution in [2.45, 2.75) is 37.1 Å². The molecule has 1 heterocycles. The molecule has 1 aliphatic heterocycles. The molecule has 0 amide bonds. The van der Waals surface area contributed by atoms with E-state index < -0.39 is 15.8 Å². The smallest absolute Gasteiger partial charge is 0.242 e. The standard InChI is InChI=1S/C15H23NO5S/c1-15(2)20-11-13(21-15)9-10-16(3)22(17,18)14-7-5-12(19-4)6-8-14/h5-8,13H,9-11H2,1-4H3. The molecule has 1 aliphatic rings. The lowest BCUT2D eigenvalue weighted by Gasteiger charge is -2.20. The van der Waals surface area contributed by atoms with E-state index in [-0.39, 0.29) is 11.0 Å². The molecule has 7 heteroatoms. The van der Waals surface area contributed by atoms with Gasteiger partial charge in [-0.3, -0.25) is 0 Å². The average molecular weight is 329 g/mol. The van der Waals surface area contributed by atoms with Gasteiger partial charge >= 0.3 is 0 Å². The second-order valence-corrected chi connectivity index (χ2v) is 7.79. The van der Waals surface area contributed by atoms with E-state index in [0.29, 0.717) is 25.3 Å². The van der Waals surface area contributed by atoms with Gasteiger partial charge < -0.3 is 14.2 Å². The van der Waals surface area contributed by atoms with Crippen LogP contribution in [0.4, 0.5) is 0 Å². The zero-order valence-corrected chi connectivity index (χ0v) is 14.2. The van der Waals surface area contributed by atoms with Crippen LogP contribution in [0.3, 0.4) is 0 Å². The highest BCUT2D eigenvalue weighted by atomic mass is 32.2. The Morgan fingerprint density at radius 3 is 2.45 bits per heavy atom. The maximum absolute atomic E-state index is 12.5. The second kappa shape index (κ2) is 6.54. The number of rotatable bonds is 6. The first-order chi connectivity index (χ1) is 10.2. The van der Waals surface area contributed by atoms with Gasteiger partial charge in [0.1, 0.15) is 5.75 Å². The van der Waals surface area contributed by atoms with E-state index in [0.717, 1.165) is 0 Å². The topological polar surface area (TPSA) is 65.1 Å². The van der Waals surface area contributed by atoms with Crippen molar-refractivity contribution < 1.29 is 22.6 Å². The molecule has 6 nitrogen and oxygen atoms in total. The number of benzene rings is 1. The number of nitrogens with zero attached hydrogens (tertiary/aromatic N) is 1. The molecule has 1 saturated heterocycles. The third kappa shape index (κ3) is 3.98.